The van der Waals surface area contributed by atoms with Gasteiger partial charge in [-0.3, -0.25) is 9.59 Å². The minimum Gasteiger partial charge on any atom is -0.369 e. The molecule has 0 radical (unpaired) electrons. The lowest BCUT2D eigenvalue weighted by Gasteiger charge is -2.30. The van der Waals surface area contributed by atoms with E-state index in [4.69, 9.17) is 10.7 Å². The minimum atomic E-state index is -0.264. The first-order valence-electron chi connectivity index (χ1n) is 12.6. The summed E-state index contributed by atoms with van der Waals surface area (Å²) in [7, 11) is 0. The first-order valence-corrected chi connectivity index (χ1v) is 12.6. The summed E-state index contributed by atoms with van der Waals surface area (Å²) in [5.41, 5.74) is 14.1. The zero-order valence-corrected chi connectivity index (χ0v) is 20.9. The molecule has 6 heteroatoms. The van der Waals surface area contributed by atoms with Gasteiger partial charge in [-0.15, -0.1) is 0 Å². The van der Waals surface area contributed by atoms with E-state index in [0.717, 1.165) is 28.2 Å². The van der Waals surface area contributed by atoms with Crippen LogP contribution in [0.15, 0.2) is 66.9 Å². The van der Waals surface area contributed by atoms with Crippen LogP contribution in [0.2, 0.25) is 0 Å². The molecule has 2 aromatic carbocycles. The molecular formula is C30H32N4O2. The maximum absolute atomic E-state index is 13.1. The van der Waals surface area contributed by atoms with Gasteiger partial charge < -0.3 is 15.0 Å². The Morgan fingerprint density at radius 1 is 0.972 bits per heavy atom. The second kappa shape index (κ2) is 9.97. The lowest BCUT2D eigenvalue weighted by atomic mass is 9.96. The topological polar surface area (TPSA) is 80.7 Å². The average molecular weight is 481 g/mol. The van der Waals surface area contributed by atoms with Crippen molar-refractivity contribution in [2.24, 2.45) is 11.7 Å². The summed E-state index contributed by atoms with van der Waals surface area (Å²) in [6.45, 7) is 5.41. The second-order valence-electron chi connectivity index (χ2n) is 9.79. The summed E-state index contributed by atoms with van der Waals surface area (Å²) in [5.74, 6) is -0.279. The van der Waals surface area contributed by atoms with Crippen LogP contribution in [0.4, 0.5) is 0 Å². The van der Waals surface area contributed by atoms with E-state index < -0.39 is 0 Å². The molecule has 0 bridgehead atoms. The maximum Gasteiger partial charge on any atom is 0.222 e. The van der Waals surface area contributed by atoms with Gasteiger partial charge in [-0.2, -0.15) is 0 Å². The Balaban J connectivity index is 1.47. The molecule has 0 unspecified atom stereocenters. The molecule has 5 rings (SSSR count). The van der Waals surface area contributed by atoms with Crippen molar-refractivity contribution >= 4 is 17.5 Å². The molecular weight excluding hydrogens is 448 g/mol. The number of amides is 2. The molecule has 2 N–H and O–H groups in total. The molecule has 0 saturated carbocycles. The summed E-state index contributed by atoms with van der Waals surface area (Å²) in [6, 6.07) is 20.8. The normalized spacial score (nSPS) is 14.3. The zero-order chi connectivity index (χ0) is 25.2. The first kappa shape index (κ1) is 23.8. The van der Waals surface area contributed by atoms with Crippen LogP contribution in [0.25, 0.3) is 28.0 Å². The number of nitrogens with zero attached hydrogens (tertiary/aromatic N) is 3. The fourth-order valence-corrected chi connectivity index (χ4v) is 5.16. The van der Waals surface area contributed by atoms with E-state index in [2.05, 4.69) is 66.9 Å². The Morgan fingerprint density at radius 3 is 2.44 bits per heavy atom. The number of rotatable bonds is 6. The standard InChI is InChI=1S/C30H32N4O2/c1-20-8-9-21(2)25(18-20)24-10-12-27-32-29(22-6-4-3-5-7-22)26(34(27)19-24)11-13-28(35)33-16-14-23(15-17-33)30(31)36/h3-10,12,18-19,23H,11,13-17H2,1-2H3,(H2,31,36). The van der Waals surface area contributed by atoms with Crippen molar-refractivity contribution in [3.63, 3.8) is 0 Å². The van der Waals surface area contributed by atoms with Gasteiger partial charge in [-0.1, -0.05) is 54.1 Å². The van der Waals surface area contributed by atoms with E-state index >= 15 is 0 Å². The number of fused-ring (bicyclic) bond motifs is 1. The predicted octanol–water partition coefficient (Wildman–Crippen LogP) is 4.94. The lowest BCUT2D eigenvalue weighted by Crippen LogP contribution is -2.41. The van der Waals surface area contributed by atoms with Gasteiger partial charge in [0.2, 0.25) is 11.8 Å². The molecule has 2 aromatic heterocycles. The minimum absolute atomic E-state index is 0.109. The molecule has 1 aliphatic heterocycles. The summed E-state index contributed by atoms with van der Waals surface area (Å²) < 4.78 is 2.14. The van der Waals surface area contributed by atoms with Gasteiger partial charge in [0.1, 0.15) is 5.65 Å². The molecule has 4 aromatic rings. The van der Waals surface area contributed by atoms with Crippen LogP contribution >= 0.6 is 0 Å². The van der Waals surface area contributed by atoms with E-state index in [1.54, 1.807) is 0 Å². The molecule has 1 saturated heterocycles. The number of pyridine rings is 1. The molecule has 3 heterocycles. The van der Waals surface area contributed by atoms with Crippen molar-refractivity contribution in [2.75, 3.05) is 13.1 Å². The van der Waals surface area contributed by atoms with Crippen LogP contribution in [-0.4, -0.2) is 39.2 Å². The predicted molar refractivity (Wildman–Crippen MR) is 142 cm³/mol. The van der Waals surface area contributed by atoms with Gasteiger partial charge >= 0.3 is 0 Å². The number of benzene rings is 2. The number of imidazole rings is 1. The Morgan fingerprint density at radius 2 is 1.72 bits per heavy atom. The third kappa shape index (κ3) is 4.76. The molecule has 36 heavy (non-hydrogen) atoms. The number of aromatic nitrogens is 2. The van der Waals surface area contributed by atoms with Crippen molar-refractivity contribution in [2.45, 2.75) is 39.5 Å². The van der Waals surface area contributed by atoms with Crippen molar-refractivity contribution in [3.8, 4) is 22.4 Å². The molecule has 1 fully saturated rings. The number of hydrogen-bond acceptors (Lipinski definition) is 3. The van der Waals surface area contributed by atoms with Gasteiger partial charge in [0.25, 0.3) is 0 Å². The fraction of sp³-hybridized carbons (Fsp3) is 0.300. The molecule has 2 amide bonds. The van der Waals surface area contributed by atoms with Gasteiger partial charge in [0, 0.05) is 37.2 Å². The SMILES string of the molecule is Cc1ccc(C)c(-c2ccc3nc(-c4ccccc4)c(CCC(=O)N4CCC(C(N)=O)CC4)n3c2)c1. The summed E-state index contributed by atoms with van der Waals surface area (Å²) in [5, 5.41) is 0. The Bertz CT molecular complexity index is 1420. The summed E-state index contributed by atoms with van der Waals surface area (Å²) >= 11 is 0. The van der Waals surface area contributed by atoms with Crippen molar-refractivity contribution in [1.82, 2.24) is 14.3 Å². The summed E-state index contributed by atoms with van der Waals surface area (Å²) in [4.78, 5) is 31.4. The third-order valence-corrected chi connectivity index (χ3v) is 7.29. The Hall–Kier alpha value is -3.93. The van der Waals surface area contributed by atoms with Crippen LogP contribution in [0.3, 0.4) is 0 Å². The average Bonchev–Trinajstić information content (AvgIpc) is 3.27. The van der Waals surface area contributed by atoms with Gasteiger partial charge in [0.15, 0.2) is 0 Å². The van der Waals surface area contributed by atoms with Gasteiger partial charge in [-0.05, 0) is 61.9 Å². The Kier molecular flexibility index (Phi) is 6.59. The second-order valence-corrected chi connectivity index (χ2v) is 9.79. The largest absolute Gasteiger partial charge is 0.369 e. The van der Waals surface area contributed by atoms with Gasteiger partial charge in [-0.25, -0.2) is 4.98 Å². The molecule has 0 aliphatic carbocycles. The van der Waals surface area contributed by atoms with Gasteiger partial charge in [0.05, 0.1) is 11.4 Å². The van der Waals surface area contributed by atoms with E-state index in [-0.39, 0.29) is 17.7 Å². The van der Waals surface area contributed by atoms with Crippen LogP contribution in [0.1, 0.15) is 36.1 Å². The third-order valence-electron chi connectivity index (χ3n) is 7.29. The van der Waals surface area contributed by atoms with Crippen LogP contribution in [0, 0.1) is 19.8 Å². The molecule has 0 spiro atoms. The number of nitrogens with two attached hydrogens (primary N) is 1. The van der Waals surface area contributed by atoms with E-state index in [1.807, 2.05) is 23.1 Å². The number of piperidine rings is 1. The highest BCUT2D eigenvalue weighted by atomic mass is 16.2. The van der Waals surface area contributed by atoms with Crippen LogP contribution in [0.5, 0.6) is 0 Å². The number of aryl methyl sites for hydroxylation is 3. The number of carbonyl (C=O) groups is 2. The van der Waals surface area contributed by atoms with Crippen LogP contribution < -0.4 is 5.73 Å². The summed E-state index contributed by atoms with van der Waals surface area (Å²) in [6.07, 6.45) is 4.41. The smallest absolute Gasteiger partial charge is 0.222 e. The zero-order valence-electron chi connectivity index (χ0n) is 20.9. The maximum atomic E-state index is 13.1. The van der Waals surface area contributed by atoms with Crippen molar-refractivity contribution < 1.29 is 9.59 Å². The highest BCUT2D eigenvalue weighted by molar-refractivity contribution is 5.79. The molecule has 0 atom stereocenters. The van der Waals surface area contributed by atoms with E-state index in [0.29, 0.717) is 38.8 Å². The van der Waals surface area contributed by atoms with E-state index in [9.17, 15) is 9.59 Å². The number of hydrogen-bond donors (Lipinski definition) is 1. The highest BCUT2D eigenvalue weighted by Crippen LogP contribution is 2.30. The highest BCUT2D eigenvalue weighted by Gasteiger charge is 2.26. The first-order chi connectivity index (χ1) is 17.4. The molecule has 184 valence electrons. The number of likely N-dealkylation sites (tertiary alicyclic amines) is 1. The lowest BCUT2D eigenvalue weighted by molar-refractivity contribution is -0.134. The Labute approximate surface area is 211 Å². The van der Waals surface area contributed by atoms with Crippen molar-refractivity contribution in [3.05, 3.63) is 83.7 Å². The molecule has 1 aliphatic rings. The molecule has 6 nitrogen and oxygen atoms in total. The monoisotopic (exact) mass is 480 g/mol. The quantitative estimate of drug-likeness (QED) is 0.424. The van der Waals surface area contributed by atoms with Crippen molar-refractivity contribution in [1.29, 1.82) is 0 Å². The van der Waals surface area contributed by atoms with Crippen LogP contribution in [-0.2, 0) is 16.0 Å². The number of carbonyl (C=O) groups excluding carboxylic acids is 2. The number of primary amides is 1. The van der Waals surface area contributed by atoms with E-state index in [1.165, 1.54) is 16.7 Å². The fourth-order valence-electron chi connectivity index (χ4n) is 5.16.